The molecule has 1 aliphatic rings. The van der Waals surface area contributed by atoms with E-state index in [2.05, 4.69) is 0 Å². The summed E-state index contributed by atoms with van der Waals surface area (Å²) in [5.74, 6) is -5.33. The standard InChI is InChI=1S/C6H2Cl2O4/c7-1-2(8)4(10)6(12)5(11)3(1)9/h11-12H/p-2. The summed E-state index contributed by atoms with van der Waals surface area (Å²) in [4.78, 5) is 21.4. The van der Waals surface area contributed by atoms with Gasteiger partial charge in [0.05, 0.1) is 0 Å². The maximum absolute atomic E-state index is 10.7. The number of halogens is 2. The molecule has 0 aromatic rings. The zero-order valence-corrected chi connectivity index (χ0v) is 6.90. The topological polar surface area (TPSA) is 80.3 Å². The van der Waals surface area contributed by atoms with Gasteiger partial charge < -0.3 is 10.2 Å². The fourth-order valence-electron chi connectivity index (χ4n) is 0.605. The van der Waals surface area contributed by atoms with E-state index in [0.717, 1.165) is 0 Å². The Morgan fingerprint density at radius 1 is 0.833 bits per heavy atom. The summed E-state index contributed by atoms with van der Waals surface area (Å²) < 4.78 is 0. The lowest BCUT2D eigenvalue weighted by atomic mass is 10.1. The lowest BCUT2D eigenvalue weighted by Gasteiger charge is -2.24. The molecule has 0 bridgehead atoms. The first-order chi connectivity index (χ1) is 5.46. The number of hydrogen-bond donors (Lipinski definition) is 0. The molecule has 0 saturated carbocycles. The molecule has 0 N–H and O–H groups in total. The van der Waals surface area contributed by atoms with Crippen LogP contribution in [0.2, 0.25) is 0 Å². The molecule has 0 fully saturated rings. The van der Waals surface area contributed by atoms with Crippen LogP contribution in [0.3, 0.4) is 0 Å². The maximum atomic E-state index is 10.7. The summed E-state index contributed by atoms with van der Waals surface area (Å²) >= 11 is 10.4. The Bertz CT molecular complexity index is 277. The highest BCUT2D eigenvalue weighted by Crippen LogP contribution is 2.24. The van der Waals surface area contributed by atoms with Gasteiger partial charge >= 0.3 is 0 Å². The summed E-state index contributed by atoms with van der Waals surface area (Å²) in [5, 5.41) is 19.8. The SMILES string of the molecule is O=C1C([O-])=C([O-])C(=O)C(Cl)=C1Cl. The van der Waals surface area contributed by atoms with Gasteiger partial charge in [-0.15, -0.1) is 0 Å². The molecular weight excluding hydrogens is 207 g/mol. The zero-order chi connectivity index (χ0) is 9.46. The van der Waals surface area contributed by atoms with E-state index >= 15 is 0 Å². The van der Waals surface area contributed by atoms with Crippen molar-refractivity contribution in [2.45, 2.75) is 0 Å². The normalized spacial score (nSPS) is 19.2. The number of carbonyl (C=O) groups is 2. The number of hydrogen-bond acceptors (Lipinski definition) is 4. The summed E-state index contributed by atoms with van der Waals surface area (Å²) in [7, 11) is 0. The van der Waals surface area contributed by atoms with Crippen LogP contribution >= 0.6 is 23.2 Å². The predicted molar refractivity (Wildman–Crippen MR) is 35.8 cm³/mol. The van der Waals surface area contributed by atoms with E-state index < -0.39 is 33.1 Å². The Kier molecular flexibility index (Phi) is 2.12. The van der Waals surface area contributed by atoms with Gasteiger partial charge in [-0.25, -0.2) is 0 Å². The van der Waals surface area contributed by atoms with Crippen molar-refractivity contribution in [3.8, 4) is 0 Å². The first-order valence-corrected chi connectivity index (χ1v) is 3.45. The van der Waals surface area contributed by atoms with Crippen molar-refractivity contribution in [2.24, 2.45) is 0 Å². The summed E-state index contributed by atoms with van der Waals surface area (Å²) in [6, 6.07) is 0. The fraction of sp³-hybridized carbons (Fsp3) is 0. The highest BCUT2D eigenvalue weighted by Gasteiger charge is 2.23. The van der Waals surface area contributed by atoms with Crippen molar-refractivity contribution in [3.63, 3.8) is 0 Å². The molecule has 0 atom stereocenters. The van der Waals surface area contributed by atoms with Gasteiger partial charge in [-0.3, -0.25) is 9.59 Å². The molecule has 0 aromatic carbocycles. The van der Waals surface area contributed by atoms with Crippen LogP contribution in [-0.4, -0.2) is 11.6 Å². The number of ketones is 2. The second-order valence-corrected chi connectivity index (χ2v) is 2.70. The third kappa shape index (κ3) is 1.09. The van der Waals surface area contributed by atoms with Crippen LogP contribution in [0.1, 0.15) is 0 Å². The van der Waals surface area contributed by atoms with Crippen LogP contribution < -0.4 is 10.2 Å². The van der Waals surface area contributed by atoms with E-state index in [1.807, 2.05) is 0 Å². The lowest BCUT2D eigenvalue weighted by molar-refractivity contribution is -0.348. The van der Waals surface area contributed by atoms with Gasteiger partial charge in [0.15, 0.2) is 11.6 Å². The number of rotatable bonds is 0. The highest BCUT2D eigenvalue weighted by atomic mass is 35.5. The molecular formula is C6Cl2O4-2. The van der Waals surface area contributed by atoms with Crippen LogP contribution in [0, 0.1) is 0 Å². The second-order valence-electron chi connectivity index (χ2n) is 1.94. The smallest absolute Gasteiger partial charge is 0.190 e. The largest absolute Gasteiger partial charge is 0.870 e. The molecule has 0 aliphatic heterocycles. The second kappa shape index (κ2) is 2.80. The average Bonchev–Trinajstić information content (AvgIpc) is 2.08. The molecule has 0 amide bonds. The van der Waals surface area contributed by atoms with Gasteiger partial charge in [-0.1, -0.05) is 34.7 Å². The molecule has 12 heavy (non-hydrogen) atoms. The van der Waals surface area contributed by atoms with E-state index in [1.54, 1.807) is 0 Å². The zero-order valence-electron chi connectivity index (χ0n) is 5.39. The minimum atomic E-state index is -1.44. The van der Waals surface area contributed by atoms with Crippen molar-refractivity contribution in [3.05, 3.63) is 21.6 Å². The van der Waals surface area contributed by atoms with E-state index in [4.69, 9.17) is 23.2 Å². The van der Waals surface area contributed by atoms with Crippen LogP contribution in [0.25, 0.3) is 0 Å². The van der Waals surface area contributed by atoms with E-state index in [9.17, 15) is 19.8 Å². The molecule has 64 valence electrons. The Morgan fingerprint density at radius 2 is 1.08 bits per heavy atom. The summed E-state index contributed by atoms with van der Waals surface area (Å²) in [5.41, 5.74) is 0. The van der Waals surface area contributed by atoms with Crippen LogP contribution in [-0.2, 0) is 9.59 Å². The summed E-state index contributed by atoms with van der Waals surface area (Å²) in [6.07, 6.45) is 0. The number of carbonyl (C=O) groups excluding carboxylic acids is 2. The van der Waals surface area contributed by atoms with E-state index in [0.29, 0.717) is 0 Å². The molecule has 4 nitrogen and oxygen atoms in total. The van der Waals surface area contributed by atoms with Crippen LogP contribution in [0.5, 0.6) is 0 Å². The number of Topliss-reactive ketones (excluding diaryl/α,β-unsaturated/α-hetero) is 2. The van der Waals surface area contributed by atoms with Crippen molar-refractivity contribution in [1.82, 2.24) is 0 Å². The van der Waals surface area contributed by atoms with Crippen molar-refractivity contribution in [2.75, 3.05) is 0 Å². The van der Waals surface area contributed by atoms with Crippen LogP contribution in [0.4, 0.5) is 0 Å². The van der Waals surface area contributed by atoms with Gasteiger partial charge in [0.1, 0.15) is 10.1 Å². The van der Waals surface area contributed by atoms with Crippen molar-refractivity contribution < 1.29 is 19.8 Å². The molecule has 6 heteroatoms. The Morgan fingerprint density at radius 3 is 1.33 bits per heavy atom. The first kappa shape index (κ1) is 9.09. The lowest BCUT2D eigenvalue weighted by Crippen LogP contribution is -2.32. The first-order valence-electron chi connectivity index (χ1n) is 2.69. The van der Waals surface area contributed by atoms with Crippen molar-refractivity contribution in [1.29, 1.82) is 0 Å². The molecule has 0 spiro atoms. The number of allylic oxidation sites excluding steroid dienone is 2. The molecule has 0 radical (unpaired) electrons. The molecule has 1 rings (SSSR count). The monoisotopic (exact) mass is 206 g/mol. The van der Waals surface area contributed by atoms with Crippen LogP contribution in [0.15, 0.2) is 21.6 Å². The fourth-order valence-corrected chi connectivity index (χ4v) is 0.948. The Hall–Kier alpha value is -1.00. The third-order valence-electron chi connectivity index (χ3n) is 1.21. The molecule has 0 aromatic heterocycles. The minimum Gasteiger partial charge on any atom is -0.870 e. The summed E-state index contributed by atoms with van der Waals surface area (Å²) in [6.45, 7) is 0. The maximum Gasteiger partial charge on any atom is 0.190 e. The molecule has 0 saturated heterocycles. The predicted octanol–water partition coefficient (Wildman–Crippen LogP) is -1.24. The third-order valence-corrected chi connectivity index (χ3v) is 2.03. The van der Waals surface area contributed by atoms with E-state index in [1.165, 1.54) is 0 Å². The molecule has 1 aliphatic carbocycles. The molecule has 0 heterocycles. The quantitative estimate of drug-likeness (QED) is 0.465. The van der Waals surface area contributed by atoms with Gasteiger partial charge in [0, 0.05) is 0 Å². The van der Waals surface area contributed by atoms with Gasteiger partial charge in [0.2, 0.25) is 0 Å². The minimum absolute atomic E-state index is 0.689. The van der Waals surface area contributed by atoms with Gasteiger partial charge in [0.25, 0.3) is 0 Å². The van der Waals surface area contributed by atoms with Gasteiger partial charge in [-0.05, 0) is 0 Å². The average molecular weight is 207 g/mol. The van der Waals surface area contributed by atoms with Crippen molar-refractivity contribution >= 4 is 34.8 Å². The molecule has 0 unspecified atom stereocenters. The Labute approximate surface area is 76.7 Å². The Balaban J connectivity index is 3.32. The van der Waals surface area contributed by atoms with Gasteiger partial charge in [-0.2, -0.15) is 0 Å². The van der Waals surface area contributed by atoms with E-state index in [-0.39, 0.29) is 0 Å². The highest BCUT2D eigenvalue weighted by molar-refractivity contribution is 6.58.